The minimum Gasteiger partial charge on any atom is -0.252 e. The van der Waals surface area contributed by atoms with Crippen LogP contribution in [0.25, 0.3) is 0 Å². The molecule has 1 heterocycles. The molecule has 0 spiro atoms. The molecule has 3 heteroatoms. The third kappa shape index (κ3) is 5.65. The maximum Gasteiger partial charge on any atom is 0.0827 e. The normalized spacial score (nSPS) is 13.5. The molecule has 0 aromatic carbocycles. The van der Waals surface area contributed by atoms with Gasteiger partial charge in [0.2, 0.25) is 0 Å². The van der Waals surface area contributed by atoms with Gasteiger partial charge < -0.3 is 0 Å². The van der Waals surface area contributed by atoms with Crippen molar-refractivity contribution in [3.05, 3.63) is 11.9 Å². The lowest BCUT2D eigenvalue weighted by Gasteiger charge is -2.14. The first-order valence-electron chi connectivity index (χ1n) is 7.38. The van der Waals surface area contributed by atoms with Crippen molar-refractivity contribution < 1.29 is 0 Å². The summed E-state index contributed by atoms with van der Waals surface area (Å²) in [5.41, 5.74) is 1.15. The summed E-state index contributed by atoms with van der Waals surface area (Å²) in [6.45, 7) is 12.4. The van der Waals surface area contributed by atoms with Crippen LogP contribution in [-0.2, 0) is 13.0 Å². The Labute approximate surface area is 112 Å². The van der Waals surface area contributed by atoms with Gasteiger partial charge >= 0.3 is 0 Å². The molecule has 1 rings (SSSR count). The van der Waals surface area contributed by atoms with Crippen molar-refractivity contribution in [3.63, 3.8) is 0 Å². The minimum absolute atomic E-state index is 0.726. The van der Waals surface area contributed by atoms with Crippen LogP contribution in [0.1, 0.15) is 59.6 Å². The highest BCUT2D eigenvalue weighted by atomic mass is 15.4. The highest BCUT2D eigenvalue weighted by molar-refractivity contribution is 4.92. The largest absolute Gasteiger partial charge is 0.252 e. The van der Waals surface area contributed by atoms with E-state index in [0.29, 0.717) is 0 Å². The molecule has 0 aliphatic carbocycles. The van der Waals surface area contributed by atoms with Crippen molar-refractivity contribution in [2.24, 2.45) is 17.8 Å². The van der Waals surface area contributed by atoms with Gasteiger partial charge in [0.1, 0.15) is 0 Å². The summed E-state index contributed by atoms with van der Waals surface area (Å²) in [6, 6.07) is 0. The number of hydrogen-bond donors (Lipinski definition) is 0. The van der Waals surface area contributed by atoms with E-state index in [1.807, 2.05) is 4.68 Å². The highest BCUT2D eigenvalue weighted by Gasteiger charge is 2.08. The standard InChI is InChI=1S/C15H29N3/c1-12(2)9-10-18-11-15(16-17-18)8-6-7-14(5)13(3)4/h11-14H,6-10H2,1-5H3. The summed E-state index contributed by atoms with van der Waals surface area (Å²) in [5.74, 6) is 2.32. The molecule has 0 aliphatic heterocycles. The third-order valence-corrected chi connectivity index (χ3v) is 3.75. The Bertz CT molecular complexity index is 328. The van der Waals surface area contributed by atoms with Crippen LogP contribution in [0.4, 0.5) is 0 Å². The smallest absolute Gasteiger partial charge is 0.0827 e. The second kappa shape index (κ2) is 7.55. The Hall–Kier alpha value is -0.860. The molecule has 1 aromatic rings. The molecule has 3 nitrogen and oxygen atoms in total. The molecule has 0 N–H and O–H groups in total. The van der Waals surface area contributed by atoms with Gasteiger partial charge in [-0.25, -0.2) is 0 Å². The summed E-state index contributed by atoms with van der Waals surface area (Å²) in [5, 5.41) is 8.44. The average Bonchev–Trinajstić information content (AvgIpc) is 2.74. The quantitative estimate of drug-likeness (QED) is 0.700. The fourth-order valence-corrected chi connectivity index (χ4v) is 1.89. The molecule has 0 fully saturated rings. The van der Waals surface area contributed by atoms with E-state index >= 15 is 0 Å². The second-order valence-corrected chi connectivity index (χ2v) is 6.27. The van der Waals surface area contributed by atoms with Gasteiger partial charge in [0.15, 0.2) is 0 Å². The van der Waals surface area contributed by atoms with Crippen LogP contribution in [0, 0.1) is 17.8 Å². The van der Waals surface area contributed by atoms with Gasteiger partial charge in [0.25, 0.3) is 0 Å². The predicted octanol–water partition coefficient (Wildman–Crippen LogP) is 3.94. The zero-order valence-corrected chi connectivity index (χ0v) is 12.7. The number of aryl methyl sites for hydroxylation is 2. The second-order valence-electron chi connectivity index (χ2n) is 6.27. The van der Waals surface area contributed by atoms with E-state index in [2.05, 4.69) is 51.1 Å². The van der Waals surface area contributed by atoms with Crippen LogP contribution < -0.4 is 0 Å². The van der Waals surface area contributed by atoms with Crippen LogP contribution in [0.2, 0.25) is 0 Å². The minimum atomic E-state index is 0.726. The van der Waals surface area contributed by atoms with Crippen LogP contribution in [0.5, 0.6) is 0 Å². The molecule has 1 unspecified atom stereocenters. The van der Waals surface area contributed by atoms with E-state index in [1.54, 1.807) is 0 Å². The lowest BCUT2D eigenvalue weighted by Crippen LogP contribution is -2.04. The first-order chi connectivity index (χ1) is 8.49. The topological polar surface area (TPSA) is 30.7 Å². The molecule has 0 amide bonds. The molecule has 104 valence electrons. The average molecular weight is 251 g/mol. The van der Waals surface area contributed by atoms with Gasteiger partial charge in [-0.2, -0.15) is 0 Å². The van der Waals surface area contributed by atoms with Crippen LogP contribution >= 0.6 is 0 Å². The van der Waals surface area contributed by atoms with Gasteiger partial charge in [0, 0.05) is 12.7 Å². The van der Waals surface area contributed by atoms with E-state index < -0.39 is 0 Å². The van der Waals surface area contributed by atoms with Gasteiger partial charge in [-0.3, -0.25) is 4.68 Å². The lowest BCUT2D eigenvalue weighted by molar-refractivity contribution is 0.382. The molecule has 0 aliphatic rings. The van der Waals surface area contributed by atoms with Crippen molar-refractivity contribution in [3.8, 4) is 0 Å². The summed E-state index contributed by atoms with van der Waals surface area (Å²) >= 11 is 0. The summed E-state index contributed by atoms with van der Waals surface area (Å²) < 4.78 is 1.99. The zero-order chi connectivity index (χ0) is 13.5. The number of rotatable bonds is 8. The van der Waals surface area contributed by atoms with Crippen molar-refractivity contribution in [2.75, 3.05) is 0 Å². The van der Waals surface area contributed by atoms with Crippen LogP contribution in [-0.4, -0.2) is 15.0 Å². The van der Waals surface area contributed by atoms with E-state index in [0.717, 1.165) is 36.4 Å². The maximum absolute atomic E-state index is 4.25. The molecule has 1 aromatic heterocycles. The number of aromatic nitrogens is 3. The van der Waals surface area contributed by atoms with E-state index in [4.69, 9.17) is 0 Å². The molecule has 1 atom stereocenters. The van der Waals surface area contributed by atoms with Crippen molar-refractivity contribution >= 4 is 0 Å². The summed E-state index contributed by atoms with van der Waals surface area (Å²) in [7, 11) is 0. The maximum atomic E-state index is 4.25. The zero-order valence-electron chi connectivity index (χ0n) is 12.7. The Morgan fingerprint density at radius 1 is 1.11 bits per heavy atom. The van der Waals surface area contributed by atoms with Crippen LogP contribution in [0.15, 0.2) is 6.20 Å². The molecular weight excluding hydrogens is 222 g/mol. The molecule has 0 saturated heterocycles. The summed E-state index contributed by atoms with van der Waals surface area (Å²) in [4.78, 5) is 0. The Morgan fingerprint density at radius 2 is 1.83 bits per heavy atom. The molecule has 0 radical (unpaired) electrons. The first kappa shape index (κ1) is 15.2. The highest BCUT2D eigenvalue weighted by Crippen LogP contribution is 2.17. The van der Waals surface area contributed by atoms with E-state index in [9.17, 15) is 0 Å². The SMILES string of the molecule is CC(C)CCn1cc(CCCC(C)C(C)C)nn1. The van der Waals surface area contributed by atoms with Crippen molar-refractivity contribution in [1.82, 2.24) is 15.0 Å². The van der Waals surface area contributed by atoms with Gasteiger partial charge in [-0.15, -0.1) is 5.10 Å². The van der Waals surface area contributed by atoms with Gasteiger partial charge in [0.05, 0.1) is 5.69 Å². The monoisotopic (exact) mass is 251 g/mol. The fourth-order valence-electron chi connectivity index (χ4n) is 1.89. The number of nitrogens with zero attached hydrogens (tertiary/aromatic N) is 3. The van der Waals surface area contributed by atoms with Crippen LogP contribution in [0.3, 0.4) is 0 Å². The predicted molar refractivity (Wildman–Crippen MR) is 76.4 cm³/mol. The molecule has 0 saturated carbocycles. The molecule has 0 bridgehead atoms. The first-order valence-corrected chi connectivity index (χ1v) is 7.38. The Balaban J connectivity index is 2.27. The fraction of sp³-hybridized carbons (Fsp3) is 0.867. The summed E-state index contributed by atoms with van der Waals surface area (Å²) in [6.07, 6.45) is 6.87. The molecule has 18 heavy (non-hydrogen) atoms. The van der Waals surface area contributed by atoms with E-state index in [-0.39, 0.29) is 0 Å². The van der Waals surface area contributed by atoms with Crippen molar-refractivity contribution in [2.45, 2.75) is 66.8 Å². The third-order valence-electron chi connectivity index (χ3n) is 3.75. The molecular formula is C15H29N3. The Kier molecular flexibility index (Phi) is 6.37. The van der Waals surface area contributed by atoms with Crippen molar-refractivity contribution in [1.29, 1.82) is 0 Å². The van der Waals surface area contributed by atoms with Gasteiger partial charge in [-0.05, 0) is 37.0 Å². The lowest BCUT2D eigenvalue weighted by atomic mass is 9.92. The Morgan fingerprint density at radius 3 is 2.44 bits per heavy atom. The van der Waals surface area contributed by atoms with E-state index in [1.165, 1.54) is 19.3 Å². The van der Waals surface area contributed by atoms with Gasteiger partial charge in [-0.1, -0.05) is 46.3 Å². The number of hydrogen-bond acceptors (Lipinski definition) is 2.